The molecule has 0 saturated heterocycles. The van der Waals surface area contributed by atoms with Crippen molar-refractivity contribution in [2.24, 2.45) is 0 Å². The average Bonchev–Trinajstić information content (AvgIpc) is 2.78. The molecule has 0 bridgehead atoms. The number of hydrogen-bond donors (Lipinski definition) is 1. The Bertz CT molecular complexity index is 1170. The zero-order chi connectivity index (χ0) is 22.9. The number of hydrogen-bond acceptors (Lipinski definition) is 6. The maximum atomic E-state index is 12.8. The summed E-state index contributed by atoms with van der Waals surface area (Å²) in [5.41, 5.74) is 2.89. The minimum Gasteiger partial charge on any atom is -0.366 e. The van der Waals surface area contributed by atoms with Crippen molar-refractivity contribution in [1.82, 2.24) is 15.0 Å². The normalized spacial score (nSPS) is 14.4. The number of nitriles is 1. The summed E-state index contributed by atoms with van der Waals surface area (Å²) < 4.78 is 39.2. The fourth-order valence-electron chi connectivity index (χ4n) is 3.66. The standard InChI is InChI=1S/C22H18BrF3N6/c1-13(14-2-5-20(28-10-14)22(24,25)26)31-21-17-11-32(7-6-18(17)29-12-30-21)19-4-3-16(23)8-15(19)9-27/h2-5,8,10,12-13H,6-7,11H2,1H3,(H,29,30,31). The van der Waals surface area contributed by atoms with E-state index < -0.39 is 11.9 Å². The molecule has 4 rings (SSSR count). The van der Waals surface area contributed by atoms with Gasteiger partial charge in [0.15, 0.2) is 0 Å². The van der Waals surface area contributed by atoms with E-state index in [1.165, 1.54) is 18.6 Å². The Hall–Kier alpha value is -3.19. The van der Waals surface area contributed by atoms with Crippen molar-refractivity contribution in [3.8, 4) is 6.07 Å². The molecule has 164 valence electrons. The van der Waals surface area contributed by atoms with Gasteiger partial charge in [-0.15, -0.1) is 0 Å². The molecule has 0 aliphatic carbocycles. The number of halogens is 4. The highest BCUT2D eigenvalue weighted by atomic mass is 79.9. The third-order valence-electron chi connectivity index (χ3n) is 5.35. The van der Waals surface area contributed by atoms with E-state index in [1.807, 2.05) is 19.1 Å². The number of anilines is 2. The van der Waals surface area contributed by atoms with E-state index in [-0.39, 0.29) is 6.04 Å². The first-order valence-electron chi connectivity index (χ1n) is 9.83. The monoisotopic (exact) mass is 502 g/mol. The van der Waals surface area contributed by atoms with E-state index in [9.17, 15) is 18.4 Å². The van der Waals surface area contributed by atoms with Crippen LogP contribution in [0.2, 0.25) is 0 Å². The smallest absolute Gasteiger partial charge is 0.366 e. The van der Waals surface area contributed by atoms with Crippen molar-refractivity contribution in [2.45, 2.75) is 32.1 Å². The Balaban J connectivity index is 1.58. The van der Waals surface area contributed by atoms with Crippen LogP contribution in [0.15, 0.2) is 47.3 Å². The molecule has 2 aromatic heterocycles. The Morgan fingerprint density at radius 2 is 2.00 bits per heavy atom. The minimum atomic E-state index is -4.47. The van der Waals surface area contributed by atoms with Crippen LogP contribution in [0, 0.1) is 11.3 Å². The largest absolute Gasteiger partial charge is 0.433 e. The van der Waals surface area contributed by atoms with Crippen LogP contribution < -0.4 is 10.2 Å². The highest BCUT2D eigenvalue weighted by Crippen LogP contribution is 2.32. The van der Waals surface area contributed by atoms with E-state index in [1.54, 1.807) is 6.07 Å². The van der Waals surface area contributed by atoms with Crippen LogP contribution in [0.3, 0.4) is 0 Å². The van der Waals surface area contributed by atoms with Crippen LogP contribution >= 0.6 is 15.9 Å². The lowest BCUT2D eigenvalue weighted by molar-refractivity contribution is -0.141. The lowest BCUT2D eigenvalue weighted by Gasteiger charge is -2.32. The van der Waals surface area contributed by atoms with Crippen molar-refractivity contribution < 1.29 is 13.2 Å². The molecule has 3 aromatic rings. The second kappa shape index (κ2) is 8.74. The number of alkyl halides is 3. The summed E-state index contributed by atoms with van der Waals surface area (Å²) in [6.45, 7) is 3.05. The van der Waals surface area contributed by atoms with Gasteiger partial charge in [-0.2, -0.15) is 18.4 Å². The second-order valence-electron chi connectivity index (χ2n) is 7.43. The van der Waals surface area contributed by atoms with E-state index >= 15 is 0 Å². The minimum absolute atomic E-state index is 0.318. The van der Waals surface area contributed by atoms with E-state index in [0.29, 0.717) is 36.5 Å². The molecule has 1 aliphatic heterocycles. The van der Waals surface area contributed by atoms with Gasteiger partial charge in [0.25, 0.3) is 0 Å². The summed E-state index contributed by atoms with van der Waals surface area (Å²) >= 11 is 3.40. The van der Waals surface area contributed by atoms with Gasteiger partial charge in [0, 0.05) is 35.7 Å². The van der Waals surface area contributed by atoms with Crippen LogP contribution in [0.5, 0.6) is 0 Å². The second-order valence-corrected chi connectivity index (χ2v) is 8.35. The highest BCUT2D eigenvalue weighted by molar-refractivity contribution is 9.10. The van der Waals surface area contributed by atoms with Gasteiger partial charge in [0.05, 0.1) is 23.0 Å². The predicted molar refractivity (Wildman–Crippen MR) is 117 cm³/mol. The van der Waals surface area contributed by atoms with Gasteiger partial charge in [-0.25, -0.2) is 9.97 Å². The molecule has 0 radical (unpaired) electrons. The van der Waals surface area contributed by atoms with Crippen molar-refractivity contribution >= 4 is 27.4 Å². The summed E-state index contributed by atoms with van der Waals surface area (Å²) in [5.74, 6) is 0.614. The summed E-state index contributed by atoms with van der Waals surface area (Å²) in [4.78, 5) is 14.4. The number of rotatable bonds is 4. The first-order chi connectivity index (χ1) is 15.3. The van der Waals surface area contributed by atoms with E-state index in [4.69, 9.17) is 0 Å². The van der Waals surface area contributed by atoms with Crippen molar-refractivity contribution in [1.29, 1.82) is 5.26 Å². The molecule has 10 heteroatoms. The number of aromatic nitrogens is 3. The molecule has 1 N–H and O–H groups in total. The van der Waals surface area contributed by atoms with Crippen LogP contribution in [-0.2, 0) is 19.1 Å². The Kier molecular flexibility index (Phi) is 6.02. The van der Waals surface area contributed by atoms with Crippen LogP contribution in [0.1, 0.15) is 41.0 Å². The molecule has 1 aromatic carbocycles. The molecule has 0 amide bonds. The van der Waals surface area contributed by atoms with Gasteiger partial charge in [-0.1, -0.05) is 22.0 Å². The quantitative estimate of drug-likeness (QED) is 0.524. The molecule has 32 heavy (non-hydrogen) atoms. The van der Waals surface area contributed by atoms with Crippen molar-refractivity contribution in [3.63, 3.8) is 0 Å². The summed E-state index contributed by atoms with van der Waals surface area (Å²) in [6, 6.07) is 9.88. The molecule has 0 fully saturated rings. The summed E-state index contributed by atoms with van der Waals surface area (Å²) in [6.07, 6.45) is -1.08. The molecule has 0 saturated carbocycles. The lowest BCUT2D eigenvalue weighted by atomic mass is 10.0. The lowest BCUT2D eigenvalue weighted by Crippen LogP contribution is -2.32. The molecule has 3 heterocycles. The van der Waals surface area contributed by atoms with Gasteiger partial charge in [-0.3, -0.25) is 4.98 Å². The summed E-state index contributed by atoms with van der Waals surface area (Å²) in [5, 5.41) is 12.8. The SMILES string of the molecule is CC(Nc1ncnc2c1CN(c1ccc(Br)cc1C#N)CC2)c1ccc(C(F)(F)F)nc1. The van der Waals surface area contributed by atoms with Gasteiger partial charge < -0.3 is 10.2 Å². The first kappa shape index (κ1) is 22.0. The van der Waals surface area contributed by atoms with Gasteiger partial charge in [0.2, 0.25) is 0 Å². The number of nitrogens with one attached hydrogen (secondary N) is 1. The fraction of sp³-hybridized carbons (Fsp3) is 0.273. The maximum absolute atomic E-state index is 12.8. The zero-order valence-electron chi connectivity index (χ0n) is 17.0. The molecule has 1 unspecified atom stereocenters. The number of benzene rings is 1. The van der Waals surface area contributed by atoms with Gasteiger partial charge >= 0.3 is 6.18 Å². The average molecular weight is 503 g/mol. The molecule has 1 aliphatic rings. The van der Waals surface area contributed by atoms with Gasteiger partial charge in [-0.05, 0) is 36.8 Å². The van der Waals surface area contributed by atoms with Gasteiger partial charge in [0.1, 0.15) is 23.9 Å². The molecule has 1 atom stereocenters. The fourth-order valence-corrected chi connectivity index (χ4v) is 4.02. The van der Waals surface area contributed by atoms with E-state index in [0.717, 1.165) is 27.5 Å². The number of fused-ring (bicyclic) bond motifs is 1. The molecular weight excluding hydrogens is 485 g/mol. The number of pyridine rings is 1. The van der Waals surface area contributed by atoms with Crippen LogP contribution in [-0.4, -0.2) is 21.5 Å². The van der Waals surface area contributed by atoms with Crippen molar-refractivity contribution in [2.75, 3.05) is 16.8 Å². The van der Waals surface area contributed by atoms with Crippen molar-refractivity contribution in [3.05, 3.63) is 75.4 Å². The number of nitrogens with zero attached hydrogens (tertiary/aromatic N) is 5. The first-order valence-corrected chi connectivity index (χ1v) is 10.6. The maximum Gasteiger partial charge on any atom is 0.433 e. The third-order valence-corrected chi connectivity index (χ3v) is 5.85. The molecular formula is C22H18BrF3N6. The molecule has 6 nitrogen and oxygen atoms in total. The highest BCUT2D eigenvalue weighted by Gasteiger charge is 2.32. The Morgan fingerprint density at radius 1 is 1.19 bits per heavy atom. The Labute approximate surface area is 191 Å². The van der Waals surface area contributed by atoms with Crippen LogP contribution in [0.4, 0.5) is 24.7 Å². The predicted octanol–water partition coefficient (Wildman–Crippen LogP) is 5.26. The summed E-state index contributed by atoms with van der Waals surface area (Å²) in [7, 11) is 0. The Morgan fingerprint density at radius 3 is 2.69 bits per heavy atom. The third kappa shape index (κ3) is 4.53. The molecule has 0 spiro atoms. The zero-order valence-corrected chi connectivity index (χ0v) is 18.6. The van der Waals surface area contributed by atoms with Crippen LogP contribution in [0.25, 0.3) is 0 Å². The topological polar surface area (TPSA) is 77.7 Å². The van der Waals surface area contributed by atoms with E-state index in [2.05, 4.69) is 47.2 Å².